The number of aromatic nitrogens is 1. The van der Waals surface area contributed by atoms with E-state index < -0.39 is 5.79 Å². The Balaban J connectivity index is 1.28. The minimum absolute atomic E-state index is 0.00420. The van der Waals surface area contributed by atoms with Crippen molar-refractivity contribution in [3.05, 3.63) is 47.0 Å². The number of thiazole rings is 1. The number of carbonyl (C=O) groups is 3. The van der Waals surface area contributed by atoms with Crippen molar-refractivity contribution in [1.29, 1.82) is 0 Å². The number of amides is 3. The van der Waals surface area contributed by atoms with Gasteiger partial charge in [0.05, 0.1) is 25.3 Å². The van der Waals surface area contributed by atoms with E-state index in [1.54, 1.807) is 29.6 Å². The minimum Gasteiger partial charge on any atom is -0.347 e. The summed E-state index contributed by atoms with van der Waals surface area (Å²) in [6, 6.07) is 8.75. The molecule has 0 atom stereocenters. The van der Waals surface area contributed by atoms with Gasteiger partial charge in [-0.1, -0.05) is 18.2 Å². The first kappa shape index (κ1) is 24.3. The van der Waals surface area contributed by atoms with E-state index in [2.05, 4.69) is 10.3 Å². The normalized spacial score (nSPS) is 17.2. The Labute approximate surface area is 203 Å². The molecule has 0 saturated carbocycles. The Morgan fingerprint density at radius 1 is 1.15 bits per heavy atom. The third kappa shape index (κ3) is 5.81. The summed E-state index contributed by atoms with van der Waals surface area (Å²) in [7, 11) is 0. The van der Waals surface area contributed by atoms with Crippen LogP contribution in [0.1, 0.15) is 42.7 Å². The number of rotatable bonds is 7. The number of ether oxygens (including phenoxy) is 2. The molecule has 34 heavy (non-hydrogen) atoms. The fourth-order valence-corrected chi connectivity index (χ4v) is 4.87. The minimum atomic E-state index is -0.513. The van der Waals surface area contributed by atoms with Crippen LogP contribution in [-0.2, 0) is 25.5 Å². The lowest BCUT2D eigenvalue weighted by molar-refractivity contribution is -0.187. The highest BCUT2D eigenvalue weighted by atomic mass is 32.1. The standard InChI is InChI=1S/C24H30N4O5S/c1-17(2)28(22(31)18-6-4-3-5-7-18)15-20(29)26-23-25-19(16-34-23)14-21(30)27-10-8-24(9-11-27)32-12-13-33-24/h3-7,16-17H,8-15H2,1-2H3,(H,25,26,29). The SMILES string of the molecule is CC(C)N(CC(=O)Nc1nc(CC(=O)N2CCC3(CC2)OCCO3)cs1)C(=O)c1ccccc1. The van der Waals surface area contributed by atoms with Crippen LogP contribution >= 0.6 is 11.3 Å². The van der Waals surface area contributed by atoms with Gasteiger partial charge in [-0.3, -0.25) is 14.4 Å². The van der Waals surface area contributed by atoms with E-state index in [-0.39, 0.29) is 36.7 Å². The van der Waals surface area contributed by atoms with Crippen molar-refractivity contribution in [2.45, 2.75) is 44.9 Å². The second-order valence-corrected chi connectivity index (χ2v) is 9.61. The van der Waals surface area contributed by atoms with Gasteiger partial charge in [-0.05, 0) is 26.0 Å². The number of piperidine rings is 1. The molecule has 1 N–H and O–H groups in total. The van der Waals surface area contributed by atoms with Gasteiger partial charge in [0.25, 0.3) is 5.91 Å². The van der Waals surface area contributed by atoms with Gasteiger partial charge in [0.2, 0.25) is 11.8 Å². The summed E-state index contributed by atoms with van der Waals surface area (Å²) in [6.07, 6.45) is 1.52. The van der Waals surface area contributed by atoms with Gasteiger partial charge in [0.1, 0.15) is 6.54 Å². The van der Waals surface area contributed by atoms with Crippen LogP contribution in [0.2, 0.25) is 0 Å². The Bertz CT molecular complexity index is 1010. The summed E-state index contributed by atoms with van der Waals surface area (Å²) in [5.74, 6) is -1.05. The monoisotopic (exact) mass is 486 g/mol. The lowest BCUT2D eigenvalue weighted by Crippen LogP contribution is -2.47. The van der Waals surface area contributed by atoms with E-state index in [4.69, 9.17) is 9.47 Å². The summed E-state index contributed by atoms with van der Waals surface area (Å²) in [5.41, 5.74) is 1.15. The molecular formula is C24H30N4O5S. The highest BCUT2D eigenvalue weighted by Crippen LogP contribution is 2.31. The number of nitrogens with zero attached hydrogens (tertiary/aromatic N) is 3. The van der Waals surface area contributed by atoms with Crippen molar-refractivity contribution >= 4 is 34.2 Å². The number of carbonyl (C=O) groups excluding carboxylic acids is 3. The first-order chi connectivity index (χ1) is 16.3. The topological polar surface area (TPSA) is 101 Å². The molecule has 1 aromatic heterocycles. The van der Waals surface area contributed by atoms with Crippen LogP contribution in [0, 0.1) is 0 Å². The zero-order valence-electron chi connectivity index (χ0n) is 19.5. The maximum atomic E-state index is 12.8. The Morgan fingerprint density at radius 3 is 2.47 bits per heavy atom. The number of nitrogens with one attached hydrogen (secondary N) is 1. The van der Waals surface area contributed by atoms with E-state index in [9.17, 15) is 14.4 Å². The van der Waals surface area contributed by atoms with Crippen LogP contribution in [0.4, 0.5) is 5.13 Å². The third-order valence-electron chi connectivity index (χ3n) is 6.04. The third-order valence-corrected chi connectivity index (χ3v) is 6.85. The molecule has 2 fully saturated rings. The predicted octanol–water partition coefficient (Wildman–Crippen LogP) is 2.54. The fourth-order valence-electron chi connectivity index (χ4n) is 4.14. The summed E-state index contributed by atoms with van der Waals surface area (Å²) in [5, 5.41) is 4.94. The Morgan fingerprint density at radius 2 is 1.82 bits per heavy atom. The molecule has 2 aliphatic rings. The summed E-state index contributed by atoms with van der Waals surface area (Å²) >= 11 is 1.26. The molecule has 182 valence electrons. The van der Waals surface area contributed by atoms with E-state index in [1.807, 2.05) is 24.8 Å². The number of hydrogen-bond acceptors (Lipinski definition) is 7. The molecule has 3 amide bonds. The van der Waals surface area contributed by atoms with Gasteiger partial charge in [-0.15, -0.1) is 11.3 Å². The molecule has 2 aromatic rings. The quantitative estimate of drug-likeness (QED) is 0.646. The molecular weight excluding hydrogens is 456 g/mol. The van der Waals surface area contributed by atoms with Gasteiger partial charge in [0, 0.05) is 42.9 Å². The summed E-state index contributed by atoms with van der Waals surface area (Å²) in [4.78, 5) is 45.9. The molecule has 3 heterocycles. The van der Waals surface area contributed by atoms with E-state index in [0.717, 1.165) is 0 Å². The van der Waals surface area contributed by atoms with Gasteiger partial charge >= 0.3 is 0 Å². The average molecular weight is 487 g/mol. The molecule has 0 radical (unpaired) electrons. The van der Waals surface area contributed by atoms with Crippen molar-refractivity contribution in [3.8, 4) is 0 Å². The second-order valence-electron chi connectivity index (χ2n) is 8.75. The lowest BCUT2D eigenvalue weighted by atomic mass is 10.0. The fraction of sp³-hybridized carbons (Fsp3) is 0.500. The predicted molar refractivity (Wildman–Crippen MR) is 128 cm³/mol. The van der Waals surface area contributed by atoms with Crippen LogP contribution in [-0.4, -0.2) is 77.2 Å². The molecule has 9 nitrogen and oxygen atoms in total. The van der Waals surface area contributed by atoms with E-state index in [0.29, 0.717) is 55.5 Å². The second kappa shape index (κ2) is 10.6. The smallest absolute Gasteiger partial charge is 0.254 e. The molecule has 4 rings (SSSR count). The molecule has 0 bridgehead atoms. The van der Waals surface area contributed by atoms with E-state index in [1.165, 1.54) is 16.2 Å². The van der Waals surface area contributed by atoms with Gasteiger partial charge in [-0.25, -0.2) is 4.98 Å². The molecule has 2 aliphatic heterocycles. The first-order valence-electron chi connectivity index (χ1n) is 11.5. The van der Waals surface area contributed by atoms with Crippen molar-refractivity contribution < 1.29 is 23.9 Å². The summed E-state index contributed by atoms with van der Waals surface area (Å²) in [6.45, 7) is 6.05. The molecule has 1 spiro atoms. The van der Waals surface area contributed by atoms with E-state index >= 15 is 0 Å². The Kier molecular flexibility index (Phi) is 7.60. The Hall–Kier alpha value is -2.82. The maximum absolute atomic E-state index is 12.8. The first-order valence-corrected chi connectivity index (χ1v) is 12.4. The average Bonchev–Trinajstić information content (AvgIpc) is 3.47. The van der Waals surface area contributed by atoms with Crippen molar-refractivity contribution in [1.82, 2.24) is 14.8 Å². The lowest BCUT2D eigenvalue weighted by Gasteiger charge is -2.37. The van der Waals surface area contributed by atoms with Gasteiger partial charge < -0.3 is 24.6 Å². The van der Waals surface area contributed by atoms with Crippen molar-refractivity contribution in [2.24, 2.45) is 0 Å². The zero-order valence-corrected chi connectivity index (χ0v) is 20.3. The van der Waals surface area contributed by atoms with Crippen LogP contribution < -0.4 is 5.32 Å². The van der Waals surface area contributed by atoms with Crippen LogP contribution in [0.15, 0.2) is 35.7 Å². The molecule has 10 heteroatoms. The molecule has 1 aromatic carbocycles. The number of hydrogen-bond donors (Lipinski definition) is 1. The number of anilines is 1. The molecule has 2 saturated heterocycles. The van der Waals surface area contributed by atoms with Gasteiger partial charge in [-0.2, -0.15) is 0 Å². The highest BCUT2D eigenvalue weighted by molar-refractivity contribution is 7.13. The van der Waals surface area contributed by atoms with Gasteiger partial charge in [0.15, 0.2) is 10.9 Å². The number of likely N-dealkylation sites (tertiary alicyclic amines) is 1. The largest absolute Gasteiger partial charge is 0.347 e. The van der Waals surface area contributed by atoms with Crippen LogP contribution in [0.25, 0.3) is 0 Å². The van der Waals surface area contributed by atoms with Crippen molar-refractivity contribution in [3.63, 3.8) is 0 Å². The maximum Gasteiger partial charge on any atom is 0.254 e. The summed E-state index contributed by atoms with van der Waals surface area (Å²) < 4.78 is 11.4. The molecule has 0 aliphatic carbocycles. The molecule has 0 unspecified atom stereocenters. The number of benzene rings is 1. The highest BCUT2D eigenvalue weighted by Gasteiger charge is 2.40. The van der Waals surface area contributed by atoms with Crippen LogP contribution in [0.5, 0.6) is 0 Å². The van der Waals surface area contributed by atoms with Crippen LogP contribution in [0.3, 0.4) is 0 Å². The zero-order chi connectivity index (χ0) is 24.1. The van der Waals surface area contributed by atoms with Crippen molar-refractivity contribution in [2.75, 3.05) is 38.2 Å².